The number of fused-ring (bicyclic) bond motifs is 1. The van der Waals surface area contributed by atoms with Gasteiger partial charge in [-0.2, -0.15) is 0 Å². The molecule has 1 aliphatic rings. The van der Waals surface area contributed by atoms with Crippen LogP contribution >= 0.6 is 0 Å². The van der Waals surface area contributed by atoms with Crippen molar-refractivity contribution in [3.63, 3.8) is 0 Å². The van der Waals surface area contributed by atoms with Gasteiger partial charge in [-0.05, 0) is 30.9 Å². The second kappa shape index (κ2) is 8.04. The summed E-state index contributed by atoms with van der Waals surface area (Å²) in [6.45, 7) is 4.27. The maximum atomic E-state index is 13.1. The molecule has 6 nitrogen and oxygen atoms in total. The van der Waals surface area contributed by atoms with Gasteiger partial charge in [0.15, 0.2) is 0 Å². The minimum Gasteiger partial charge on any atom is -0.332 e. The number of aryl methyl sites for hydroxylation is 1. The largest absolute Gasteiger partial charge is 0.332 e. The molecular formula is C18H25N5O. The fraction of sp³-hybridized carbons (Fsp3) is 0.556. The molecule has 1 amide bonds. The first-order valence-electron chi connectivity index (χ1n) is 8.90. The lowest BCUT2D eigenvalue weighted by molar-refractivity contribution is 0.0722. The number of amides is 1. The van der Waals surface area contributed by atoms with Gasteiger partial charge in [-0.25, -0.2) is 0 Å². The van der Waals surface area contributed by atoms with Crippen LogP contribution in [0.4, 0.5) is 0 Å². The van der Waals surface area contributed by atoms with Gasteiger partial charge in [0.25, 0.3) is 5.91 Å². The van der Waals surface area contributed by atoms with E-state index < -0.39 is 0 Å². The summed E-state index contributed by atoms with van der Waals surface area (Å²) in [5.74, 6) is 1.42. The molecule has 0 saturated heterocycles. The summed E-state index contributed by atoms with van der Waals surface area (Å²) < 4.78 is 2.03. The second-order valence-corrected chi connectivity index (χ2v) is 6.34. The Hall–Kier alpha value is -2.24. The Bertz CT molecular complexity index is 667. The van der Waals surface area contributed by atoms with Crippen molar-refractivity contribution in [2.75, 3.05) is 6.54 Å². The van der Waals surface area contributed by atoms with Crippen molar-refractivity contribution >= 4 is 5.91 Å². The number of unbranched alkanes of at least 4 members (excludes halogenated alkanes) is 1. The minimum atomic E-state index is -0.0204. The van der Waals surface area contributed by atoms with Gasteiger partial charge in [0, 0.05) is 38.4 Å². The lowest BCUT2D eigenvalue weighted by atomic mass is 10.2. The molecule has 0 aliphatic carbocycles. The third-order valence-electron chi connectivity index (χ3n) is 4.47. The van der Waals surface area contributed by atoms with Crippen molar-refractivity contribution in [2.45, 2.75) is 58.5 Å². The maximum absolute atomic E-state index is 13.1. The third-order valence-corrected chi connectivity index (χ3v) is 4.47. The first kappa shape index (κ1) is 16.6. The summed E-state index contributed by atoms with van der Waals surface area (Å²) in [5.41, 5.74) is 1.04. The van der Waals surface area contributed by atoms with E-state index in [0.29, 0.717) is 12.4 Å². The van der Waals surface area contributed by atoms with Gasteiger partial charge < -0.3 is 9.47 Å². The SMILES string of the molecule is CCCCN(Cc1cccnc1)C(=O)c1nnc2n1CCCCC2. The summed E-state index contributed by atoms with van der Waals surface area (Å²) in [6.07, 6.45) is 9.91. The molecule has 0 aromatic carbocycles. The van der Waals surface area contributed by atoms with Gasteiger partial charge in [0.05, 0.1) is 0 Å². The van der Waals surface area contributed by atoms with Crippen molar-refractivity contribution in [3.8, 4) is 0 Å². The van der Waals surface area contributed by atoms with Crippen LogP contribution in [0, 0.1) is 0 Å². The van der Waals surface area contributed by atoms with Crippen LogP contribution in [0.2, 0.25) is 0 Å². The van der Waals surface area contributed by atoms with Gasteiger partial charge in [-0.15, -0.1) is 10.2 Å². The van der Waals surface area contributed by atoms with Crippen LogP contribution in [-0.2, 0) is 19.5 Å². The highest BCUT2D eigenvalue weighted by atomic mass is 16.2. The molecule has 0 radical (unpaired) electrons. The summed E-state index contributed by atoms with van der Waals surface area (Å²) >= 11 is 0. The van der Waals surface area contributed by atoms with Crippen LogP contribution < -0.4 is 0 Å². The van der Waals surface area contributed by atoms with Gasteiger partial charge in [-0.1, -0.05) is 25.8 Å². The molecule has 0 spiro atoms. The monoisotopic (exact) mass is 327 g/mol. The second-order valence-electron chi connectivity index (χ2n) is 6.34. The van der Waals surface area contributed by atoms with E-state index in [0.717, 1.165) is 56.6 Å². The fourth-order valence-electron chi connectivity index (χ4n) is 3.10. The zero-order valence-electron chi connectivity index (χ0n) is 14.3. The number of carbonyl (C=O) groups is 1. The van der Waals surface area contributed by atoms with Crippen LogP contribution in [0.1, 0.15) is 61.0 Å². The lowest BCUT2D eigenvalue weighted by Gasteiger charge is -2.22. The molecule has 0 bridgehead atoms. The van der Waals surface area contributed by atoms with Crippen molar-refractivity contribution in [2.24, 2.45) is 0 Å². The van der Waals surface area contributed by atoms with Crippen LogP contribution in [0.25, 0.3) is 0 Å². The quantitative estimate of drug-likeness (QED) is 0.818. The summed E-state index contributed by atoms with van der Waals surface area (Å²) in [5, 5.41) is 8.48. The first-order chi connectivity index (χ1) is 11.8. The molecule has 0 N–H and O–H groups in total. The van der Waals surface area contributed by atoms with E-state index in [1.54, 1.807) is 6.20 Å². The fourth-order valence-corrected chi connectivity index (χ4v) is 3.10. The first-order valence-corrected chi connectivity index (χ1v) is 8.90. The van der Waals surface area contributed by atoms with Crippen LogP contribution in [-0.4, -0.2) is 37.1 Å². The van der Waals surface area contributed by atoms with Crippen LogP contribution in [0.3, 0.4) is 0 Å². The van der Waals surface area contributed by atoms with Gasteiger partial charge in [-0.3, -0.25) is 9.78 Å². The molecule has 2 aromatic rings. The highest BCUT2D eigenvalue weighted by Gasteiger charge is 2.24. The Morgan fingerprint density at radius 1 is 1.29 bits per heavy atom. The van der Waals surface area contributed by atoms with E-state index in [-0.39, 0.29) is 5.91 Å². The molecule has 24 heavy (non-hydrogen) atoms. The Kier molecular flexibility index (Phi) is 5.56. The number of nitrogens with zero attached hydrogens (tertiary/aromatic N) is 5. The van der Waals surface area contributed by atoms with Crippen molar-refractivity contribution in [1.29, 1.82) is 0 Å². The summed E-state index contributed by atoms with van der Waals surface area (Å²) in [7, 11) is 0. The summed E-state index contributed by atoms with van der Waals surface area (Å²) in [6, 6.07) is 3.91. The van der Waals surface area contributed by atoms with Gasteiger partial charge in [0.1, 0.15) is 5.82 Å². The van der Waals surface area contributed by atoms with E-state index >= 15 is 0 Å². The third kappa shape index (κ3) is 3.80. The Labute approximate surface area is 142 Å². The molecule has 128 valence electrons. The molecule has 3 rings (SSSR count). The van der Waals surface area contributed by atoms with Crippen LogP contribution in [0.15, 0.2) is 24.5 Å². The molecule has 0 saturated carbocycles. The molecule has 0 atom stereocenters. The average Bonchev–Trinajstić information content (AvgIpc) is 2.87. The molecular weight excluding hydrogens is 302 g/mol. The Morgan fingerprint density at radius 3 is 3.00 bits per heavy atom. The number of hydrogen-bond acceptors (Lipinski definition) is 4. The number of pyridine rings is 1. The predicted octanol–water partition coefficient (Wildman–Crippen LogP) is 2.84. The molecule has 2 aromatic heterocycles. The minimum absolute atomic E-state index is 0.0204. The van der Waals surface area contributed by atoms with Crippen molar-refractivity contribution in [3.05, 3.63) is 41.7 Å². The highest BCUT2D eigenvalue weighted by Crippen LogP contribution is 2.17. The normalized spacial score (nSPS) is 14.0. The van der Waals surface area contributed by atoms with E-state index in [1.807, 2.05) is 27.8 Å². The number of aromatic nitrogens is 4. The van der Waals surface area contributed by atoms with E-state index in [4.69, 9.17) is 0 Å². The zero-order valence-corrected chi connectivity index (χ0v) is 14.3. The zero-order chi connectivity index (χ0) is 16.8. The van der Waals surface area contributed by atoms with Gasteiger partial charge in [0.2, 0.25) is 5.82 Å². The number of carbonyl (C=O) groups excluding carboxylic acids is 1. The molecule has 0 unspecified atom stereocenters. The number of rotatable bonds is 6. The van der Waals surface area contributed by atoms with Crippen molar-refractivity contribution in [1.82, 2.24) is 24.6 Å². The predicted molar refractivity (Wildman–Crippen MR) is 91.5 cm³/mol. The maximum Gasteiger partial charge on any atom is 0.292 e. The standard InChI is InChI=1S/C18H25N5O/c1-2-3-11-22(14-15-8-7-10-19-13-15)18(24)17-21-20-16-9-5-4-6-12-23(16)17/h7-8,10,13H,2-6,9,11-12,14H2,1H3. The van der Waals surface area contributed by atoms with Crippen molar-refractivity contribution < 1.29 is 4.79 Å². The molecule has 6 heteroatoms. The van der Waals surface area contributed by atoms with E-state index in [2.05, 4.69) is 22.1 Å². The summed E-state index contributed by atoms with van der Waals surface area (Å²) in [4.78, 5) is 19.1. The molecule has 0 fully saturated rings. The lowest BCUT2D eigenvalue weighted by Crippen LogP contribution is -2.33. The van der Waals surface area contributed by atoms with E-state index in [1.165, 1.54) is 6.42 Å². The van der Waals surface area contributed by atoms with Crippen LogP contribution in [0.5, 0.6) is 0 Å². The topological polar surface area (TPSA) is 63.9 Å². The molecule has 1 aliphatic heterocycles. The Balaban J connectivity index is 1.81. The highest BCUT2D eigenvalue weighted by molar-refractivity contribution is 5.90. The Morgan fingerprint density at radius 2 is 2.21 bits per heavy atom. The van der Waals surface area contributed by atoms with Gasteiger partial charge >= 0.3 is 0 Å². The number of hydrogen-bond donors (Lipinski definition) is 0. The molecule has 3 heterocycles. The average molecular weight is 327 g/mol. The smallest absolute Gasteiger partial charge is 0.292 e. The van der Waals surface area contributed by atoms with E-state index in [9.17, 15) is 4.79 Å².